The molecule has 3 N–H and O–H groups in total. The summed E-state index contributed by atoms with van der Waals surface area (Å²) in [4.78, 5) is 13.1. The van der Waals surface area contributed by atoms with Crippen LogP contribution in [0, 0.1) is 0 Å². The van der Waals surface area contributed by atoms with Gasteiger partial charge in [-0.3, -0.25) is 9.36 Å². The van der Waals surface area contributed by atoms with Crippen molar-refractivity contribution >= 4 is 28.2 Å². The minimum absolute atomic E-state index is 0.0645. The molecule has 0 unspecified atom stereocenters. The Hall–Kier alpha value is -3.47. The molecule has 2 aromatic heterocycles. The number of rotatable bonds is 3. The molecule has 28 heavy (non-hydrogen) atoms. The summed E-state index contributed by atoms with van der Waals surface area (Å²) in [6.45, 7) is 4.00. The second-order valence-corrected chi connectivity index (χ2v) is 6.36. The number of nitrogens with zero attached hydrogens (tertiary/aromatic N) is 2. The zero-order chi connectivity index (χ0) is 20.3. The van der Waals surface area contributed by atoms with Gasteiger partial charge in [-0.15, -0.1) is 0 Å². The summed E-state index contributed by atoms with van der Waals surface area (Å²) in [7, 11) is 3.78. The van der Waals surface area contributed by atoms with Crippen LogP contribution in [0.5, 0.6) is 0 Å². The Morgan fingerprint density at radius 2 is 1.68 bits per heavy atom. The van der Waals surface area contributed by atoms with E-state index in [1.54, 1.807) is 10.8 Å². The van der Waals surface area contributed by atoms with Gasteiger partial charge in [-0.2, -0.15) is 0 Å². The number of anilines is 2. The molecule has 144 valence electrons. The highest BCUT2D eigenvalue weighted by Crippen LogP contribution is 2.25. The van der Waals surface area contributed by atoms with Gasteiger partial charge < -0.3 is 15.6 Å². The van der Waals surface area contributed by atoms with Crippen LogP contribution >= 0.6 is 0 Å². The van der Waals surface area contributed by atoms with Crippen molar-refractivity contribution in [2.45, 2.75) is 13.8 Å². The van der Waals surface area contributed by atoms with E-state index in [0.29, 0.717) is 11.4 Å². The predicted molar refractivity (Wildman–Crippen MR) is 118 cm³/mol. The maximum Gasteiger partial charge on any atom is 0.278 e. The van der Waals surface area contributed by atoms with Crippen LogP contribution in [-0.2, 0) is 7.05 Å². The van der Waals surface area contributed by atoms with Crippen LogP contribution in [0.3, 0.4) is 0 Å². The zero-order valence-electron chi connectivity index (χ0n) is 16.7. The maximum atomic E-state index is 13.1. The number of carbonyl (C=O) groups is 1. The number of carbonyl (C=O) groups excluding carboxylic acids is 1. The molecule has 0 aliphatic heterocycles. The van der Waals surface area contributed by atoms with Gasteiger partial charge in [0.2, 0.25) is 0 Å². The Morgan fingerprint density at radius 1 is 0.964 bits per heavy atom. The van der Waals surface area contributed by atoms with Gasteiger partial charge in [0.25, 0.3) is 5.91 Å². The van der Waals surface area contributed by atoms with Crippen molar-refractivity contribution in [1.29, 1.82) is 0 Å². The van der Waals surface area contributed by atoms with Crippen LogP contribution in [0.25, 0.3) is 22.0 Å². The number of benzene rings is 2. The Kier molecular flexibility index (Phi) is 5.54. The molecule has 5 heteroatoms. The summed E-state index contributed by atoms with van der Waals surface area (Å²) >= 11 is 0. The largest absolute Gasteiger partial charge is 0.399 e. The highest BCUT2D eigenvalue weighted by Gasteiger charge is 2.16. The molecule has 0 saturated heterocycles. The molecule has 0 aliphatic rings. The molecule has 0 radical (unpaired) electrons. The first-order valence-corrected chi connectivity index (χ1v) is 9.42. The van der Waals surface area contributed by atoms with E-state index in [4.69, 9.17) is 5.73 Å². The SMILES string of the molecule is CC.CNc1ccc(-c2cc(C(=O)n3ccc4cc(N)ccc43)n(C)c2)cc1. The van der Waals surface area contributed by atoms with Crippen molar-refractivity contribution in [3.63, 3.8) is 0 Å². The lowest BCUT2D eigenvalue weighted by Gasteiger charge is -2.05. The minimum atomic E-state index is -0.0645. The molecule has 4 aromatic rings. The number of nitrogen functional groups attached to an aromatic ring is 1. The first-order valence-electron chi connectivity index (χ1n) is 9.42. The summed E-state index contributed by atoms with van der Waals surface area (Å²) in [6.07, 6.45) is 3.77. The fourth-order valence-corrected chi connectivity index (χ4v) is 3.23. The quantitative estimate of drug-likeness (QED) is 0.497. The summed E-state index contributed by atoms with van der Waals surface area (Å²) < 4.78 is 3.53. The number of hydrogen-bond donors (Lipinski definition) is 2. The Bertz CT molecular complexity index is 1100. The van der Waals surface area contributed by atoms with E-state index in [1.807, 2.05) is 93.3 Å². The first-order chi connectivity index (χ1) is 13.6. The second-order valence-electron chi connectivity index (χ2n) is 6.36. The molecule has 0 atom stereocenters. The average molecular weight is 374 g/mol. The van der Waals surface area contributed by atoms with Gasteiger partial charge in [0.1, 0.15) is 5.69 Å². The van der Waals surface area contributed by atoms with Crippen molar-refractivity contribution < 1.29 is 4.79 Å². The minimum Gasteiger partial charge on any atom is -0.399 e. The van der Waals surface area contributed by atoms with Crippen LogP contribution in [0.15, 0.2) is 67.0 Å². The Morgan fingerprint density at radius 3 is 2.36 bits per heavy atom. The van der Waals surface area contributed by atoms with Gasteiger partial charge in [-0.25, -0.2) is 0 Å². The van der Waals surface area contributed by atoms with Crippen molar-refractivity contribution in [3.8, 4) is 11.1 Å². The topological polar surface area (TPSA) is 65.0 Å². The van der Waals surface area contributed by atoms with Crippen LogP contribution < -0.4 is 11.1 Å². The lowest BCUT2D eigenvalue weighted by molar-refractivity contribution is 0.0957. The first kappa shape index (κ1) is 19.3. The molecule has 0 amide bonds. The highest BCUT2D eigenvalue weighted by molar-refractivity contribution is 6.02. The molecular formula is C23H26N4O. The molecule has 5 nitrogen and oxygen atoms in total. The number of fused-ring (bicyclic) bond motifs is 1. The van der Waals surface area contributed by atoms with Crippen molar-refractivity contribution in [2.24, 2.45) is 7.05 Å². The third kappa shape index (κ3) is 3.51. The molecule has 0 bridgehead atoms. The van der Waals surface area contributed by atoms with Crippen molar-refractivity contribution in [2.75, 3.05) is 18.1 Å². The highest BCUT2D eigenvalue weighted by atomic mass is 16.2. The molecule has 2 heterocycles. The maximum absolute atomic E-state index is 13.1. The molecule has 0 fully saturated rings. The fourth-order valence-electron chi connectivity index (χ4n) is 3.23. The van der Waals surface area contributed by atoms with Crippen LogP contribution in [0.2, 0.25) is 0 Å². The Labute approximate surface area is 165 Å². The van der Waals surface area contributed by atoms with Crippen LogP contribution in [-0.4, -0.2) is 22.1 Å². The summed E-state index contributed by atoms with van der Waals surface area (Å²) in [5.74, 6) is -0.0645. The fraction of sp³-hybridized carbons (Fsp3) is 0.174. The summed E-state index contributed by atoms with van der Waals surface area (Å²) in [5, 5.41) is 4.06. The van der Waals surface area contributed by atoms with Gasteiger partial charge in [0.05, 0.1) is 5.52 Å². The number of aryl methyl sites for hydroxylation is 1. The third-order valence-electron chi connectivity index (χ3n) is 4.66. The number of nitrogens with two attached hydrogens (primary N) is 1. The van der Waals surface area contributed by atoms with Gasteiger partial charge in [-0.1, -0.05) is 26.0 Å². The zero-order valence-corrected chi connectivity index (χ0v) is 16.7. The molecule has 0 saturated carbocycles. The molecule has 2 aromatic carbocycles. The predicted octanol–water partition coefficient (Wildman–Crippen LogP) is 4.99. The molecule has 4 rings (SSSR count). The van der Waals surface area contributed by atoms with Gasteiger partial charge in [0, 0.05) is 48.8 Å². The second kappa shape index (κ2) is 8.05. The lowest BCUT2D eigenvalue weighted by atomic mass is 10.1. The van der Waals surface area contributed by atoms with Gasteiger partial charge in [-0.05, 0) is 48.0 Å². The lowest BCUT2D eigenvalue weighted by Crippen LogP contribution is -2.14. The number of aromatic nitrogens is 2. The van der Waals surface area contributed by atoms with Crippen molar-refractivity contribution in [1.82, 2.24) is 9.13 Å². The van der Waals surface area contributed by atoms with Crippen LogP contribution in [0.1, 0.15) is 24.3 Å². The van der Waals surface area contributed by atoms with E-state index in [0.717, 1.165) is 27.7 Å². The molecular weight excluding hydrogens is 348 g/mol. The van der Waals surface area contributed by atoms with E-state index in [-0.39, 0.29) is 5.91 Å². The molecule has 0 spiro atoms. The summed E-state index contributed by atoms with van der Waals surface area (Å²) in [6, 6.07) is 17.5. The smallest absolute Gasteiger partial charge is 0.278 e. The van der Waals surface area contributed by atoms with E-state index in [9.17, 15) is 4.79 Å². The monoisotopic (exact) mass is 374 g/mol. The van der Waals surface area contributed by atoms with Gasteiger partial charge in [0.15, 0.2) is 0 Å². The van der Waals surface area contributed by atoms with Crippen molar-refractivity contribution in [3.05, 3.63) is 72.7 Å². The standard InChI is InChI=1S/C21H20N4O.C2H6/c1-23-18-6-3-14(4-7-18)16-12-20(24(2)13-16)21(26)25-10-9-15-11-17(22)5-8-19(15)25;1-2/h3-13,23H,22H2,1-2H3;1-2H3. The van der Waals surface area contributed by atoms with E-state index in [1.165, 1.54) is 0 Å². The number of nitrogens with one attached hydrogen (secondary N) is 1. The third-order valence-corrected chi connectivity index (χ3v) is 4.66. The van der Waals surface area contributed by atoms with E-state index >= 15 is 0 Å². The number of hydrogen-bond acceptors (Lipinski definition) is 3. The van der Waals surface area contributed by atoms with E-state index in [2.05, 4.69) is 5.32 Å². The summed E-state index contributed by atoms with van der Waals surface area (Å²) in [5.41, 5.74) is 11.1. The normalized spacial score (nSPS) is 10.4. The molecule has 0 aliphatic carbocycles. The van der Waals surface area contributed by atoms with Crippen LogP contribution in [0.4, 0.5) is 11.4 Å². The average Bonchev–Trinajstić information content (AvgIpc) is 3.32. The van der Waals surface area contributed by atoms with E-state index < -0.39 is 0 Å². The van der Waals surface area contributed by atoms with Gasteiger partial charge >= 0.3 is 0 Å². The Balaban J connectivity index is 0.00000109.